The molecule has 1 N–H and O–H groups in total. The van der Waals surface area contributed by atoms with Gasteiger partial charge >= 0.3 is 5.97 Å². The first-order chi connectivity index (χ1) is 13.3. The zero-order valence-electron chi connectivity index (χ0n) is 13.9. The van der Waals surface area contributed by atoms with Crippen LogP contribution in [0.5, 0.6) is 5.75 Å². The van der Waals surface area contributed by atoms with Crippen LogP contribution in [0, 0.1) is 11.6 Å². The molecule has 144 valence electrons. The molecule has 3 nitrogen and oxygen atoms in total. The molecular formula is C20H11Cl3F2O3. The number of aromatic carboxylic acids is 1. The van der Waals surface area contributed by atoms with Gasteiger partial charge in [-0.05, 0) is 42.0 Å². The van der Waals surface area contributed by atoms with E-state index in [1.165, 1.54) is 6.07 Å². The van der Waals surface area contributed by atoms with Crippen LogP contribution in [0.1, 0.15) is 27.6 Å². The number of hydrogen-bond acceptors (Lipinski definition) is 2. The third-order valence-electron chi connectivity index (χ3n) is 3.94. The average Bonchev–Trinajstić information content (AvgIpc) is 2.64. The second-order valence-corrected chi connectivity index (χ2v) is 7.04. The van der Waals surface area contributed by atoms with Gasteiger partial charge in [-0.25, -0.2) is 9.18 Å². The summed E-state index contributed by atoms with van der Waals surface area (Å²) < 4.78 is 34.2. The molecule has 8 heteroatoms. The van der Waals surface area contributed by atoms with Crippen molar-refractivity contribution in [3.63, 3.8) is 0 Å². The van der Waals surface area contributed by atoms with Crippen LogP contribution in [-0.2, 0) is 0 Å². The molecule has 0 amide bonds. The topological polar surface area (TPSA) is 46.5 Å². The number of carbonyl (C=O) groups is 1. The van der Waals surface area contributed by atoms with Crippen LogP contribution in [0.4, 0.5) is 8.78 Å². The number of ether oxygens (including phenoxy) is 1. The van der Waals surface area contributed by atoms with E-state index in [-0.39, 0.29) is 5.02 Å². The number of hydrogen-bond donors (Lipinski definition) is 1. The molecule has 0 aliphatic heterocycles. The maximum Gasteiger partial charge on any atom is 0.338 e. The third-order valence-corrected chi connectivity index (χ3v) is 4.75. The Balaban J connectivity index is 2.09. The first-order valence-electron chi connectivity index (χ1n) is 7.86. The van der Waals surface area contributed by atoms with Crippen molar-refractivity contribution in [1.29, 1.82) is 0 Å². The van der Waals surface area contributed by atoms with E-state index in [0.717, 1.165) is 12.1 Å². The van der Waals surface area contributed by atoms with Gasteiger partial charge in [0.15, 0.2) is 17.7 Å². The summed E-state index contributed by atoms with van der Waals surface area (Å²) in [5.41, 5.74) is 0.226. The maximum atomic E-state index is 14.4. The standard InChI is InChI=1S/C20H11Cl3F2O3/c21-11-3-1-10(2-4-11)19(13-6-5-12(22)9-15(13)23)28-16-8-7-14(20(26)27)17(24)18(16)25/h1-9,19H,(H,26,27). The van der Waals surface area contributed by atoms with Crippen molar-refractivity contribution in [3.05, 3.63) is 98.0 Å². The van der Waals surface area contributed by atoms with Crippen LogP contribution in [-0.4, -0.2) is 11.1 Å². The highest BCUT2D eigenvalue weighted by Gasteiger charge is 2.24. The molecule has 3 aromatic carbocycles. The van der Waals surface area contributed by atoms with Gasteiger partial charge in [-0.1, -0.05) is 53.0 Å². The molecule has 1 atom stereocenters. The van der Waals surface area contributed by atoms with Gasteiger partial charge in [-0.2, -0.15) is 4.39 Å². The molecule has 1 unspecified atom stereocenters. The molecule has 28 heavy (non-hydrogen) atoms. The fourth-order valence-electron chi connectivity index (χ4n) is 2.58. The summed E-state index contributed by atoms with van der Waals surface area (Å²) in [4.78, 5) is 11.0. The smallest absolute Gasteiger partial charge is 0.338 e. The monoisotopic (exact) mass is 442 g/mol. The predicted molar refractivity (Wildman–Crippen MR) is 104 cm³/mol. The van der Waals surface area contributed by atoms with E-state index < -0.39 is 35.0 Å². The summed E-state index contributed by atoms with van der Waals surface area (Å²) in [7, 11) is 0. The second-order valence-electron chi connectivity index (χ2n) is 5.76. The SMILES string of the molecule is O=C(O)c1ccc(OC(c2ccc(Cl)cc2)c2ccc(Cl)cc2Cl)c(F)c1F. The van der Waals surface area contributed by atoms with Gasteiger partial charge in [0, 0.05) is 20.6 Å². The number of carboxylic acids is 1. The number of benzene rings is 3. The highest BCUT2D eigenvalue weighted by atomic mass is 35.5. The van der Waals surface area contributed by atoms with Crippen molar-refractivity contribution in [2.45, 2.75) is 6.10 Å². The molecule has 0 fully saturated rings. The van der Waals surface area contributed by atoms with Crippen molar-refractivity contribution >= 4 is 40.8 Å². The summed E-state index contributed by atoms with van der Waals surface area (Å²) in [6, 6.07) is 13.2. The van der Waals surface area contributed by atoms with Crippen molar-refractivity contribution < 1.29 is 23.4 Å². The van der Waals surface area contributed by atoms with Crippen molar-refractivity contribution in [1.82, 2.24) is 0 Å². The minimum Gasteiger partial charge on any atom is -0.478 e. The largest absolute Gasteiger partial charge is 0.478 e. The quantitative estimate of drug-likeness (QED) is 0.472. The van der Waals surface area contributed by atoms with E-state index in [1.54, 1.807) is 36.4 Å². The Hall–Kier alpha value is -2.34. The molecule has 0 aliphatic carbocycles. The van der Waals surface area contributed by atoms with Crippen LogP contribution < -0.4 is 4.74 Å². The van der Waals surface area contributed by atoms with Gasteiger partial charge in [0.2, 0.25) is 5.82 Å². The fraction of sp³-hybridized carbons (Fsp3) is 0.0500. The van der Waals surface area contributed by atoms with Gasteiger partial charge in [-0.15, -0.1) is 0 Å². The third kappa shape index (κ3) is 4.22. The van der Waals surface area contributed by atoms with E-state index in [0.29, 0.717) is 21.2 Å². The van der Waals surface area contributed by atoms with E-state index in [2.05, 4.69) is 0 Å². The van der Waals surface area contributed by atoms with E-state index >= 15 is 0 Å². The Morgan fingerprint density at radius 1 is 0.893 bits per heavy atom. The summed E-state index contributed by atoms with van der Waals surface area (Å²) in [5, 5.41) is 10.1. The summed E-state index contributed by atoms with van der Waals surface area (Å²) in [5.74, 6) is -4.97. The lowest BCUT2D eigenvalue weighted by Crippen LogP contribution is -2.12. The number of halogens is 5. The minimum atomic E-state index is -1.59. The Morgan fingerprint density at radius 2 is 1.54 bits per heavy atom. The van der Waals surface area contributed by atoms with Crippen LogP contribution >= 0.6 is 34.8 Å². The first-order valence-corrected chi connectivity index (χ1v) is 8.99. The number of carboxylic acid groups (broad SMARTS) is 1. The van der Waals surface area contributed by atoms with Gasteiger partial charge < -0.3 is 9.84 Å². The molecule has 0 saturated carbocycles. The molecule has 3 aromatic rings. The van der Waals surface area contributed by atoms with Crippen LogP contribution in [0.15, 0.2) is 54.6 Å². The molecule has 0 aromatic heterocycles. The Labute approximate surface area is 174 Å². The van der Waals surface area contributed by atoms with E-state index in [1.807, 2.05) is 0 Å². The lowest BCUT2D eigenvalue weighted by Gasteiger charge is -2.22. The Bertz CT molecular complexity index is 1040. The highest BCUT2D eigenvalue weighted by Crippen LogP contribution is 2.36. The normalized spacial score (nSPS) is 11.9. The van der Waals surface area contributed by atoms with Crippen LogP contribution in [0.3, 0.4) is 0 Å². The van der Waals surface area contributed by atoms with Gasteiger partial charge in [-0.3, -0.25) is 0 Å². The van der Waals surface area contributed by atoms with Crippen molar-refractivity contribution in [2.24, 2.45) is 0 Å². The second kappa shape index (κ2) is 8.35. The molecular weight excluding hydrogens is 433 g/mol. The molecule has 0 spiro atoms. The van der Waals surface area contributed by atoms with Gasteiger partial charge in [0.05, 0.1) is 5.56 Å². The molecule has 0 heterocycles. The first kappa shape index (κ1) is 20.4. The molecule has 0 bridgehead atoms. The summed E-state index contributed by atoms with van der Waals surface area (Å²) in [6.07, 6.45) is -0.924. The number of rotatable bonds is 5. The minimum absolute atomic E-state index is 0.260. The van der Waals surface area contributed by atoms with E-state index in [4.69, 9.17) is 44.6 Å². The summed E-state index contributed by atoms with van der Waals surface area (Å²) in [6.45, 7) is 0. The predicted octanol–water partition coefficient (Wildman–Crippen LogP) is 6.79. The molecule has 0 saturated heterocycles. The lowest BCUT2D eigenvalue weighted by atomic mass is 10.0. The van der Waals surface area contributed by atoms with E-state index in [9.17, 15) is 13.6 Å². The summed E-state index contributed by atoms with van der Waals surface area (Å²) >= 11 is 18.1. The Kier molecular flexibility index (Phi) is 6.08. The van der Waals surface area contributed by atoms with Crippen LogP contribution in [0.25, 0.3) is 0 Å². The zero-order chi connectivity index (χ0) is 20.4. The molecule has 0 radical (unpaired) electrons. The maximum absolute atomic E-state index is 14.4. The highest BCUT2D eigenvalue weighted by molar-refractivity contribution is 6.35. The van der Waals surface area contributed by atoms with Gasteiger partial charge in [0.1, 0.15) is 0 Å². The lowest BCUT2D eigenvalue weighted by molar-refractivity contribution is 0.0690. The van der Waals surface area contributed by atoms with Crippen LogP contribution in [0.2, 0.25) is 15.1 Å². The van der Waals surface area contributed by atoms with Gasteiger partial charge in [0.25, 0.3) is 0 Å². The fourth-order valence-corrected chi connectivity index (χ4v) is 3.21. The average molecular weight is 444 g/mol. The zero-order valence-corrected chi connectivity index (χ0v) is 16.2. The van der Waals surface area contributed by atoms with Crippen molar-refractivity contribution in [3.8, 4) is 5.75 Å². The molecule has 0 aliphatic rings. The van der Waals surface area contributed by atoms with Crippen molar-refractivity contribution in [2.75, 3.05) is 0 Å². The molecule has 3 rings (SSSR count). The Morgan fingerprint density at radius 3 is 2.14 bits per heavy atom.